The second-order valence-corrected chi connectivity index (χ2v) is 5.68. The summed E-state index contributed by atoms with van der Waals surface area (Å²) in [7, 11) is 0. The van der Waals surface area contributed by atoms with Crippen LogP contribution in [0.1, 0.15) is 26.2 Å². The van der Waals surface area contributed by atoms with Crippen molar-refractivity contribution in [3.8, 4) is 5.75 Å². The van der Waals surface area contributed by atoms with Crippen LogP contribution >= 0.6 is 11.8 Å². The molecule has 0 spiro atoms. The van der Waals surface area contributed by atoms with E-state index in [2.05, 4.69) is 11.6 Å². The number of rotatable bonds is 5. The fraction of sp³-hybridized carbons (Fsp3) is 0.571. The van der Waals surface area contributed by atoms with Crippen molar-refractivity contribution in [1.82, 2.24) is 0 Å². The van der Waals surface area contributed by atoms with Crippen molar-refractivity contribution in [2.75, 3.05) is 23.9 Å². The van der Waals surface area contributed by atoms with E-state index in [-0.39, 0.29) is 0 Å². The zero-order valence-corrected chi connectivity index (χ0v) is 11.9. The summed E-state index contributed by atoms with van der Waals surface area (Å²) in [5.74, 6) is 0.779. The van der Waals surface area contributed by atoms with Gasteiger partial charge in [-0.15, -0.1) is 0 Å². The Hall–Kier alpha value is -1.03. The first kappa shape index (κ1) is 13.4. The topological polar surface area (TPSA) is 47.3 Å². The van der Waals surface area contributed by atoms with Crippen LogP contribution in [0.4, 0.5) is 11.4 Å². The van der Waals surface area contributed by atoms with Crippen molar-refractivity contribution in [3.05, 3.63) is 18.2 Å². The van der Waals surface area contributed by atoms with E-state index in [9.17, 15) is 0 Å². The summed E-state index contributed by atoms with van der Waals surface area (Å²) in [6, 6.07) is 6.48. The Kier molecular flexibility index (Phi) is 4.64. The Labute approximate surface area is 113 Å². The Bertz CT molecular complexity index is 397. The van der Waals surface area contributed by atoms with Gasteiger partial charge in [-0.1, -0.05) is 12.5 Å². The normalized spacial score (nSPS) is 23.0. The van der Waals surface area contributed by atoms with Crippen LogP contribution in [0.25, 0.3) is 0 Å². The highest BCUT2D eigenvalue weighted by molar-refractivity contribution is 7.99. The minimum absolute atomic E-state index is 0.527. The van der Waals surface area contributed by atoms with Gasteiger partial charge >= 0.3 is 0 Å². The van der Waals surface area contributed by atoms with Gasteiger partial charge in [0.2, 0.25) is 0 Å². The van der Waals surface area contributed by atoms with E-state index in [1.807, 2.05) is 36.9 Å². The number of hydrogen-bond acceptors (Lipinski definition) is 4. The number of nitrogens with two attached hydrogens (primary N) is 1. The molecule has 0 amide bonds. The maximum Gasteiger partial charge on any atom is 0.144 e. The Morgan fingerprint density at radius 1 is 1.44 bits per heavy atom. The molecule has 1 aromatic rings. The van der Waals surface area contributed by atoms with E-state index in [1.54, 1.807) is 0 Å². The quantitative estimate of drug-likeness (QED) is 0.802. The SMILES string of the molecule is CCOc1cccc(NC2CCCC2SC)c1N. The van der Waals surface area contributed by atoms with Crippen molar-refractivity contribution in [2.45, 2.75) is 37.5 Å². The molecule has 0 saturated heterocycles. The number of ether oxygens (including phenoxy) is 1. The van der Waals surface area contributed by atoms with Crippen LogP contribution in [0.3, 0.4) is 0 Å². The predicted octanol–water partition coefficient (Wildman–Crippen LogP) is 3.36. The largest absolute Gasteiger partial charge is 0.492 e. The third-order valence-electron chi connectivity index (χ3n) is 3.46. The van der Waals surface area contributed by atoms with Crippen LogP contribution in [0.2, 0.25) is 0 Å². The summed E-state index contributed by atoms with van der Waals surface area (Å²) in [5.41, 5.74) is 7.87. The smallest absolute Gasteiger partial charge is 0.144 e. The first-order valence-corrected chi connectivity index (χ1v) is 7.85. The average Bonchev–Trinajstić information content (AvgIpc) is 2.82. The minimum Gasteiger partial charge on any atom is -0.492 e. The van der Waals surface area contributed by atoms with Gasteiger partial charge in [-0.2, -0.15) is 11.8 Å². The first-order valence-electron chi connectivity index (χ1n) is 6.57. The second kappa shape index (κ2) is 6.23. The molecule has 0 bridgehead atoms. The van der Waals surface area contributed by atoms with Gasteiger partial charge in [0.15, 0.2) is 0 Å². The van der Waals surface area contributed by atoms with Crippen molar-refractivity contribution in [2.24, 2.45) is 0 Å². The molecule has 2 unspecified atom stereocenters. The number of thioether (sulfide) groups is 1. The minimum atomic E-state index is 0.527. The molecule has 1 fully saturated rings. The highest BCUT2D eigenvalue weighted by atomic mass is 32.2. The van der Waals surface area contributed by atoms with Gasteiger partial charge in [-0.05, 0) is 38.2 Å². The Morgan fingerprint density at radius 3 is 3.00 bits per heavy atom. The molecule has 18 heavy (non-hydrogen) atoms. The van der Waals surface area contributed by atoms with Gasteiger partial charge in [-0.25, -0.2) is 0 Å². The molecule has 0 aliphatic heterocycles. The van der Waals surface area contributed by atoms with Crippen LogP contribution < -0.4 is 15.8 Å². The highest BCUT2D eigenvalue weighted by Gasteiger charge is 2.26. The Balaban J connectivity index is 2.11. The molecule has 1 aliphatic rings. The first-order chi connectivity index (χ1) is 8.76. The standard InChI is InChI=1S/C14H22N2OS/c1-3-17-12-8-4-7-11(14(12)15)16-10-6-5-9-13(10)18-2/h4,7-8,10,13,16H,3,5-6,9,15H2,1-2H3. The number of hydrogen-bond donors (Lipinski definition) is 2. The lowest BCUT2D eigenvalue weighted by Crippen LogP contribution is -2.26. The summed E-state index contributed by atoms with van der Waals surface area (Å²) in [6.45, 7) is 2.62. The zero-order chi connectivity index (χ0) is 13.0. The maximum atomic E-state index is 6.14. The molecule has 0 heterocycles. The molecule has 100 valence electrons. The lowest BCUT2D eigenvalue weighted by molar-refractivity contribution is 0.342. The van der Waals surface area contributed by atoms with Gasteiger partial charge in [0.1, 0.15) is 5.75 Å². The van der Waals surface area contributed by atoms with E-state index in [4.69, 9.17) is 10.5 Å². The molecule has 4 heteroatoms. The summed E-state index contributed by atoms with van der Waals surface area (Å²) in [5, 5.41) is 4.28. The number of nitrogen functional groups attached to an aromatic ring is 1. The fourth-order valence-electron chi connectivity index (χ4n) is 2.52. The van der Waals surface area contributed by atoms with Gasteiger partial charge < -0.3 is 15.8 Å². The molecule has 0 aromatic heterocycles. The van der Waals surface area contributed by atoms with Gasteiger partial charge in [0.05, 0.1) is 18.0 Å². The molecule has 1 aliphatic carbocycles. The highest BCUT2D eigenvalue weighted by Crippen LogP contribution is 2.35. The molecule has 3 nitrogen and oxygen atoms in total. The molecule has 0 radical (unpaired) electrons. The Morgan fingerprint density at radius 2 is 2.28 bits per heavy atom. The third-order valence-corrected chi connectivity index (χ3v) is 4.63. The van der Waals surface area contributed by atoms with Crippen LogP contribution in [-0.4, -0.2) is 24.2 Å². The number of nitrogens with one attached hydrogen (secondary N) is 1. The summed E-state index contributed by atoms with van der Waals surface area (Å²) < 4.78 is 5.52. The predicted molar refractivity (Wildman–Crippen MR) is 80.6 cm³/mol. The van der Waals surface area contributed by atoms with Crippen LogP contribution in [0, 0.1) is 0 Å². The van der Waals surface area contributed by atoms with E-state index in [0.717, 1.165) is 17.1 Å². The van der Waals surface area contributed by atoms with Gasteiger partial charge in [-0.3, -0.25) is 0 Å². The molecular weight excluding hydrogens is 244 g/mol. The summed E-state index contributed by atoms with van der Waals surface area (Å²) >= 11 is 1.95. The molecule has 3 N–H and O–H groups in total. The van der Waals surface area contributed by atoms with Crippen LogP contribution in [0.15, 0.2) is 18.2 Å². The summed E-state index contributed by atoms with van der Waals surface area (Å²) in [4.78, 5) is 0. The maximum absolute atomic E-state index is 6.14. The number of anilines is 2. The lowest BCUT2D eigenvalue weighted by Gasteiger charge is -2.22. The average molecular weight is 266 g/mol. The third kappa shape index (κ3) is 2.86. The second-order valence-electron chi connectivity index (χ2n) is 4.61. The molecule has 2 rings (SSSR count). The number of para-hydroxylation sites is 1. The van der Waals surface area contributed by atoms with Crippen molar-refractivity contribution in [3.63, 3.8) is 0 Å². The molecule has 1 saturated carbocycles. The zero-order valence-electron chi connectivity index (χ0n) is 11.1. The fourth-order valence-corrected chi connectivity index (χ4v) is 3.46. The van der Waals surface area contributed by atoms with E-state index < -0.39 is 0 Å². The van der Waals surface area contributed by atoms with Gasteiger partial charge in [0.25, 0.3) is 0 Å². The lowest BCUT2D eigenvalue weighted by atomic mass is 10.2. The van der Waals surface area contributed by atoms with Gasteiger partial charge in [0, 0.05) is 11.3 Å². The van der Waals surface area contributed by atoms with E-state index in [1.165, 1.54) is 19.3 Å². The van der Waals surface area contributed by atoms with Crippen molar-refractivity contribution in [1.29, 1.82) is 0 Å². The van der Waals surface area contributed by atoms with Crippen LogP contribution in [0.5, 0.6) is 5.75 Å². The monoisotopic (exact) mass is 266 g/mol. The number of benzene rings is 1. The van der Waals surface area contributed by atoms with E-state index in [0.29, 0.717) is 17.9 Å². The molecule has 1 aromatic carbocycles. The molecular formula is C14H22N2OS. The van der Waals surface area contributed by atoms with Crippen LogP contribution in [-0.2, 0) is 0 Å². The van der Waals surface area contributed by atoms with Crippen molar-refractivity contribution < 1.29 is 4.74 Å². The molecule has 2 atom stereocenters. The van der Waals surface area contributed by atoms with E-state index >= 15 is 0 Å². The summed E-state index contributed by atoms with van der Waals surface area (Å²) in [6.07, 6.45) is 6.01. The van der Waals surface area contributed by atoms with Crippen molar-refractivity contribution >= 4 is 23.1 Å².